The average molecular weight is 233 g/mol. The molecule has 1 aromatic rings. The fourth-order valence-electron chi connectivity index (χ4n) is 2.68. The first kappa shape index (κ1) is 12.6. The molecule has 0 bridgehead atoms. The van der Waals surface area contributed by atoms with E-state index in [1.165, 1.54) is 17.5 Å². The fourth-order valence-corrected chi connectivity index (χ4v) is 2.68. The second kappa shape index (κ2) is 6.18. The molecular weight excluding hydrogens is 210 g/mol. The summed E-state index contributed by atoms with van der Waals surface area (Å²) < 4.78 is 0. The van der Waals surface area contributed by atoms with Gasteiger partial charge in [-0.1, -0.05) is 31.2 Å². The number of aliphatic hydroxyl groups excluding tert-OH is 1. The Balaban J connectivity index is 1.88. The fraction of sp³-hybridized carbons (Fsp3) is 0.600. The Morgan fingerprint density at radius 3 is 2.71 bits per heavy atom. The first-order valence-electron chi connectivity index (χ1n) is 6.77. The number of rotatable bonds is 4. The van der Waals surface area contributed by atoms with Crippen molar-refractivity contribution in [2.75, 3.05) is 0 Å². The molecule has 0 spiro atoms. The molecule has 0 radical (unpaired) electrons. The molecule has 0 aromatic heterocycles. The van der Waals surface area contributed by atoms with Crippen LogP contribution in [0.1, 0.15) is 43.7 Å². The number of benzene rings is 1. The summed E-state index contributed by atoms with van der Waals surface area (Å²) in [6.45, 7) is 3.13. The third-order valence-electron chi connectivity index (χ3n) is 3.73. The van der Waals surface area contributed by atoms with Gasteiger partial charge < -0.3 is 10.4 Å². The van der Waals surface area contributed by atoms with Crippen molar-refractivity contribution in [3.63, 3.8) is 0 Å². The summed E-state index contributed by atoms with van der Waals surface area (Å²) >= 11 is 0. The average Bonchev–Trinajstić information content (AvgIpc) is 2.37. The maximum atomic E-state index is 9.64. The third kappa shape index (κ3) is 3.55. The van der Waals surface area contributed by atoms with Crippen LogP contribution in [0, 0.1) is 0 Å². The minimum atomic E-state index is -0.0948. The lowest BCUT2D eigenvalue weighted by Crippen LogP contribution is -2.35. The molecule has 2 N–H and O–H groups in total. The standard InChI is InChI=1S/C15H23NO/c1-2-12-6-3-4-7-13(12)11-16-14-8-5-9-15(17)10-14/h3-4,6-7,14-17H,2,5,8-11H2,1H3. The Labute approximate surface area is 104 Å². The Bertz CT molecular complexity index is 351. The molecule has 1 aliphatic rings. The molecular formula is C15H23NO. The molecule has 1 saturated carbocycles. The maximum absolute atomic E-state index is 9.64. The summed E-state index contributed by atoms with van der Waals surface area (Å²) in [4.78, 5) is 0. The van der Waals surface area contributed by atoms with Crippen molar-refractivity contribution in [2.24, 2.45) is 0 Å². The van der Waals surface area contributed by atoms with Gasteiger partial charge in [0.2, 0.25) is 0 Å². The van der Waals surface area contributed by atoms with E-state index in [-0.39, 0.29) is 6.10 Å². The molecule has 17 heavy (non-hydrogen) atoms. The van der Waals surface area contributed by atoms with Crippen LogP contribution in [0.3, 0.4) is 0 Å². The van der Waals surface area contributed by atoms with E-state index in [0.717, 1.165) is 32.2 Å². The van der Waals surface area contributed by atoms with Crippen LogP contribution in [0.15, 0.2) is 24.3 Å². The van der Waals surface area contributed by atoms with Crippen molar-refractivity contribution in [3.8, 4) is 0 Å². The maximum Gasteiger partial charge on any atom is 0.0555 e. The summed E-state index contributed by atoms with van der Waals surface area (Å²) in [5.41, 5.74) is 2.83. The van der Waals surface area contributed by atoms with Crippen LogP contribution in [0.25, 0.3) is 0 Å². The Morgan fingerprint density at radius 1 is 1.24 bits per heavy atom. The van der Waals surface area contributed by atoms with E-state index >= 15 is 0 Å². The first-order chi connectivity index (χ1) is 8.29. The van der Waals surface area contributed by atoms with Gasteiger partial charge in [0, 0.05) is 12.6 Å². The number of hydrogen-bond donors (Lipinski definition) is 2. The molecule has 0 amide bonds. The summed E-state index contributed by atoms with van der Waals surface area (Å²) in [6.07, 6.45) is 5.23. The van der Waals surface area contributed by atoms with Crippen molar-refractivity contribution >= 4 is 0 Å². The van der Waals surface area contributed by atoms with Crippen LogP contribution >= 0.6 is 0 Å². The zero-order valence-electron chi connectivity index (χ0n) is 10.7. The predicted molar refractivity (Wildman–Crippen MR) is 70.9 cm³/mol. The smallest absolute Gasteiger partial charge is 0.0555 e. The van der Waals surface area contributed by atoms with Gasteiger partial charge in [0.15, 0.2) is 0 Å². The zero-order valence-corrected chi connectivity index (χ0v) is 10.7. The molecule has 0 heterocycles. The number of aryl methyl sites for hydroxylation is 1. The molecule has 2 atom stereocenters. The number of aliphatic hydroxyl groups is 1. The van der Waals surface area contributed by atoms with Gasteiger partial charge >= 0.3 is 0 Å². The van der Waals surface area contributed by atoms with Crippen LogP contribution in [0.5, 0.6) is 0 Å². The molecule has 2 rings (SSSR count). The van der Waals surface area contributed by atoms with Gasteiger partial charge in [-0.3, -0.25) is 0 Å². The second-order valence-electron chi connectivity index (χ2n) is 5.02. The van der Waals surface area contributed by atoms with E-state index in [2.05, 4.69) is 36.5 Å². The third-order valence-corrected chi connectivity index (χ3v) is 3.73. The van der Waals surface area contributed by atoms with E-state index in [9.17, 15) is 5.11 Å². The molecule has 1 fully saturated rings. The molecule has 94 valence electrons. The first-order valence-corrected chi connectivity index (χ1v) is 6.77. The quantitative estimate of drug-likeness (QED) is 0.838. The molecule has 2 unspecified atom stereocenters. The Hall–Kier alpha value is -0.860. The van der Waals surface area contributed by atoms with Gasteiger partial charge in [-0.05, 0) is 43.2 Å². The Kier molecular flexibility index (Phi) is 4.57. The van der Waals surface area contributed by atoms with Crippen molar-refractivity contribution in [1.82, 2.24) is 5.32 Å². The minimum absolute atomic E-state index is 0.0948. The number of hydrogen-bond acceptors (Lipinski definition) is 2. The van der Waals surface area contributed by atoms with E-state index in [1.54, 1.807) is 0 Å². The number of nitrogens with one attached hydrogen (secondary N) is 1. The normalized spacial score (nSPS) is 24.8. The van der Waals surface area contributed by atoms with E-state index in [4.69, 9.17) is 0 Å². The van der Waals surface area contributed by atoms with Crippen LogP contribution in [0.2, 0.25) is 0 Å². The van der Waals surface area contributed by atoms with Crippen LogP contribution in [-0.2, 0) is 13.0 Å². The molecule has 1 aromatic carbocycles. The molecule has 2 nitrogen and oxygen atoms in total. The molecule has 2 heteroatoms. The van der Waals surface area contributed by atoms with Crippen LogP contribution < -0.4 is 5.32 Å². The highest BCUT2D eigenvalue weighted by atomic mass is 16.3. The molecule has 0 saturated heterocycles. The lowest BCUT2D eigenvalue weighted by molar-refractivity contribution is 0.111. The largest absolute Gasteiger partial charge is 0.393 e. The molecule has 0 aliphatic heterocycles. The zero-order chi connectivity index (χ0) is 12.1. The van der Waals surface area contributed by atoms with Gasteiger partial charge in [0.1, 0.15) is 0 Å². The van der Waals surface area contributed by atoms with E-state index < -0.39 is 0 Å². The minimum Gasteiger partial charge on any atom is -0.393 e. The summed E-state index contributed by atoms with van der Waals surface area (Å²) in [7, 11) is 0. The van der Waals surface area contributed by atoms with Gasteiger partial charge in [0.05, 0.1) is 6.10 Å². The van der Waals surface area contributed by atoms with Crippen molar-refractivity contribution in [2.45, 2.75) is 57.7 Å². The Morgan fingerprint density at radius 2 is 2.00 bits per heavy atom. The summed E-state index contributed by atoms with van der Waals surface area (Å²) in [5.74, 6) is 0. The highest BCUT2D eigenvalue weighted by Crippen LogP contribution is 2.19. The predicted octanol–water partition coefficient (Wildman–Crippen LogP) is 2.64. The topological polar surface area (TPSA) is 32.3 Å². The van der Waals surface area contributed by atoms with Gasteiger partial charge in [-0.15, -0.1) is 0 Å². The van der Waals surface area contributed by atoms with Crippen molar-refractivity contribution < 1.29 is 5.11 Å². The van der Waals surface area contributed by atoms with Crippen LogP contribution in [-0.4, -0.2) is 17.3 Å². The van der Waals surface area contributed by atoms with E-state index in [0.29, 0.717) is 6.04 Å². The summed E-state index contributed by atoms with van der Waals surface area (Å²) in [5, 5.41) is 13.2. The van der Waals surface area contributed by atoms with Gasteiger partial charge in [0.25, 0.3) is 0 Å². The van der Waals surface area contributed by atoms with Crippen molar-refractivity contribution in [3.05, 3.63) is 35.4 Å². The SMILES string of the molecule is CCc1ccccc1CNC1CCCC(O)C1. The monoisotopic (exact) mass is 233 g/mol. The van der Waals surface area contributed by atoms with Gasteiger partial charge in [-0.2, -0.15) is 0 Å². The lowest BCUT2D eigenvalue weighted by Gasteiger charge is -2.27. The summed E-state index contributed by atoms with van der Waals surface area (Å²) in [6, 6.07) is 9.10. The van der Waals surface area contributed by atoms with E-state index in [1.807, 2.05) is 0 Å². The van der Waals surface area contributed by atoms with Crippen LogP contribution in [0.4, 0.5) is 0 Å². The second-order valence-corrected chi connectivity index (χ2v) is 5.02. The van der Waals surface area contributed by atoms with Crippen molar-refractivity contribution in [1.29, 1.82) is 0 Å². The molecule has 1 aliphatic carbocycles. The van der Waals surface area contributed by atoms with Gasteiger partial charge in [-0.25, -0.2) is 0 Å². The highest BCUT2D eigenvalue weighted by Gasteiger charge is 2.19. The highest BCUT2D eigenvalue weighted by molar-refractivity contribution is 5.26. The lowest BCUT2D eigenvalue weighted by atomic mass is 9.92.